The van der Waals surface area contributed by atoms with Gasteiger partial charge in [0.15, 0.2) is 5.96 Å². The van der Waals surface area contributed by atoms with Gasteiger partial charge in [0.1, 0.15) is 12.4 Å². The topological polar surface area (TPSA) is 84.0 Å². The minimum atomic E-state index is -0.107. The third-order valence-electron chi connectivity index (χ3n) is 2.64. The molecule has 0 unspecified atom stereocenters. The molecule has 0 aliphatic heterocycles. The quantitative estimate of drug-likeness (QED) is 0.376. The molecule has 0 saturated heterocycles. The second-order valence-electron chi connectivity index (χ2n) is 4.48. The van der Waals surface area contributed by atoms with Crippen LogP contribution in [0, 0.1) is 0 Å². The number of hydrogen-bond acceptors (Lipinski definition) is 4. The summed E-state index contributed by atoms with van der Waals surface area (Å²) in [6, 6.07) is 7.28. The molecule has 0 atom stereocenters. The molecule has 0 aromatic heterocycles. The van der Waals surface area contributed by atoms with Crippen molar-refractivity contribution in [3.05, 3.63) is 24.3 Å². The molecule has 3 N–H and O–H groups in total. The van der Waals surface area contributed by atoms with Crippen LogP contribution in [0.1, 0.15) is 6.92 Å². The second-order valence-corrected chi connectivity index (χ2v) is 4.48. The van der Waals surface area contributed by atoms with Crippen LogP contribution in [0.25, 0.3) is 0 Å². The average molecular weight is 308 g/mol. The lowest BCUT2D eigenvalue weighted by atomic mass is 10.3. The maximum atomic E-state index is 11.0. The predicted molar refractivity (Wildman–Crippen MR) is 87.5 cm³/mol. The van der Waals surface area contributed by atoms with Gasteiger partial charge in [-0.25, -0.2) is 0 Å². The fraction of sp³-hybridized carbons (Fsp3) is 0.467. The van der Waals surface area contributed by atoms with Gasteiger partial charge in [-0.3, -0.25) is 9.79 Å². The summed E-state index contributed by atoms with van der Waals surface area (Å²) in [5, 5.41) is 8.96. The van der Waals surface area contributed by atoms with Gasteiger partial charge >= 0.3 is 0 Å². The first-order chi connectivity index (χ1) is 10.7. The van der Waals surface area contributed by atoms with Crippen molar-refractivity contribution in [3.8, 4) is 5.75 Å². The van der Waals surface area contributed by atoms with Gasteiger partial charge in [0.2, 0.25) is 5.91 Å². The summed E-state index contributed by atoms with van der Waals surface area (Å²) in [7, 11) is 3.36. The van der Waals surface area contributed by atoms with Gasteiger partial charge in [-0.2, -0.15) is 0 Å². The van der Waals surface area contributed by atoms with Crippen LogP contribution >= 0.6 is 0 Å². The zero-order valence-electron chi connectivity index (χ0n) is 13.3. The standard InChI is InChI=1S/C15H24N4O3/c1-12(20)19-13-5-4-6-14(11-13)22-10-8-18-15(16-2)17-7-9-21-3/h4-6,11H,7-10H2,1-3H3,(H,19,20)(H2,16,17,18). The predicted octanol–water partition coefficient (Wildman–Crippen LogP) is 0.835. The van der Waals surface area contributed by atoms with Crippen LogP contribution < -0.4 is 20.7 Å². The molecule has 0 saturated carbocycles. The number of amides is 1. The van der Waals surface area contributed by atoms with E-state index in [1.54, 1.807) is 20.2 Å². The lowest BCUT2D eigenvalue weighted by Crippen LogP contribution is -2.40. The first-order valence-electron chi connectivity index (χ1n) is 7.09. The highest BCUT2D eigenvalue weighted by atomic mass is 16.5. The van der Waals surface area contributed by atoms with Crippen LogP contribution in [0.5, 0.6) is 5.75 Å². The van der Waals surface area contributed by atoms with Crippen molar-refractivity contribution in [2.24, 2.45) is 4.99 Å². The summed E-state index contributed by atoms with van der Waals surface area (Å²) in [6.07, 6.45) is 0. The Morgan fingerprint density at radius 3 is 2.59 bits per heavy atom. The third-order valence-corrected chi connectivity index (χ3v) is 2.64. The molecule has 1 amide bonds. The summed E-state index contributed by atoms with van der Waals surface area (Å²) < 4.78 is 10.6. The molecule has 22 heavy (non-hydrogen) atoms. The Bertz CT molecular complexity index is 491. The lowest BCUT2D eigenvalue weighted by Gasteiger charge is -2.12. The maximum absolute atomic E-state index is 11.0. The zero-order chi connectivity index (χ0) is 16.2. The number of nitrogens with zero attached hydrogens (tertiary/aromatic N) is 1. The van der Waals surface area contributed by atoms with Crippen LogP contribution in [0.4, 0.5) is 5.69 Å². The van der Waals surface area contributed by atoms with Gasteiger partial charge < -0.3 is 25.4 Å². The van der Waals surface area contributed by atoms with E-state index in [1.165, 1.54) is 6.92 Å². The van der Waals surface area contributed by atoms with Crippen molar-refractivity contribution in [3.63, 3.8) is 0 Å². The number of nitrogens with one attached hydrogen (secondary N) is 3. The number of benzene rings is 1. The van der Waals surface area contributed by atoms with Crippen LogP contribution in [-0.2, 0) is 9.53 Å². The molecule has 0 aliphatic rings. The van der Waals surface area contributed by atoms with E-state index in [-0.39, 0.29) is 5.91 Å². The van der Waals surface area contributed by atoms with E-state index >= 15 is 0 Å². The fourth-order valence-electron chi connectivity index (χ4n) is 1.70. The van der Waals surface area contributed by atoms with E-state index < -0.39 is 0 Å². The van der Waals surface area contributed by atoms with Gasteiger partial charge in [-0.05, 0) is 12.1 Å². The first-order valence-corrected chi connectivity index (χ1v) is 7.09. The van der Waals surface area contributed by atoms with E-state index in [4.69, 9.17) is 9.47 Å². The molecule has 1 rings (SSSR count). The molecule has 0 spiro atoms. The van der Waals surface area contributed by atoms with Crippen molar-refractivity contribution in [1.29, 1.82) is 0 Å². The fourth-order valence-corrected chi connectivity index (χ4v) is 1.70. The minimum absolute atomic E-state index is 0.107. The number of hydrogen-bond donors (Lipinski definition) is 3. The smallest absolute Gasteiger partial charge is 0.221 e. The number of guanidine groups is 1. The number of anilines is 1. The largest absolute Gasteiger partial charge is 0.492 e. The lowest BCUT2D eigenvalue weighted by molar-refractivity contribution is -0.114. The normalized spacial score (nSPS) is 11.0. The highest BCUT2D eigenvalue weighted by Crippen LogP contribution is 2.16. The minimum Gasteiger partial charge on any atom is -0.492 e. The van der Waals surface area contributed by atoms with Gasteiger partial charge in [0.05, 0.1) is 13.2 Å². The van der Waals surface area contributed by atoms with Gasteiger partial charge in [0.25, 0.3) is 0 Å². The summed E-state index contributed by atoms with van der Waals surface area (Å²) in [5.41, 5.74) is 0.718. The van der Waals surface area contributed by atoms with Crippen molar-refractivity contribution < 1.29 is 14.3 Å². The van der Waals surface area contributed by atoms with Crippen LogP contribution in [-0.4, -0.2) is 52.3 Å². The van der Waals surface area contributed by atoms with Crippen molar-refractivity contribution in [2.75, 3.05) is 45.8 Å². The van der Waals surface area contributed by atoms with Crippen molar-refractivity contribution >= 4 is 17.6 Å². The van der Waals surface area contributed by atoms with Gasteiger partial charge in [-0.1, -0.05) is 6.07 Å². The molecule has 0 heterocycles. The summed E-state index contributed by atoms with van der Waals surface area (Å²) in [6.45, 7) is 3.87. The molecule has 1 aromatic carbocycles. The third kappa shape index (κ3) is 7.49. The Kier molecular flexibility index (Phi) is 8.44. The Balaban J connectivity index is 2.30. The SMILES string of the molecule is CN=C(NCCOC)NCCOc1cccc(NC(C)=O)c1. The summed E-state index contributed by atoms with van der Waals surface area (Å²) >= 11 is 0. The van der Waals surface area contributed by atoms with E-state index in [1.807, 2.05) is 18.2 Å². The van der Waals surface area contributed by atoms with Crippen LogP contribution in [0.3, 0.4) is 0 Å². The summed E-state index contributed by atoms with van der Waals surface area (Å²) in [5.74, 6) is 1.30. The molecular formula is C15H24N4O3. The number of ether oxygens (including phenoxy) is 2. The van der Waals surface area contributed by atoms with E-state index in [9.17, 15) is 4.79 Å². The number of carbonyl (C=O) groups is 1. The second kappa shape index (κ2) is 10.4. The monoisotopic (exact) mass is 308 g/mol. The molecule has 7 heteroatoms. The van der Waals surface area contributed by atoms with E-state index in [0.29, 0.717) is 38.0 Å². The molecule has 0 aliphatic carbocycles. The van der Waals surface area contributed by atoms with Crippen LogP contribution in [0.2, 0.25) is 0 Å². The Morgan fingerprint density at radius 2 is 1.95 bits per heavy atom. The molecule has 0 bridgehead atoms. The number of methoxy groups -OCH3 is 1. The van der Waals surface area contributed by atoms with E-state index in [0.717, 1.165) is 5.69 Å². The van der Waals surface area contributed by atoms with Crippen molar-refractivity contribution in [2.45, 2.75) is 6.92 Å². The Morgan fingerprint density at radius 1 is 1.23 bits per heavy atom. The van der Waals surface area contributed by atoms with Gasteiger partial charge in [0, 0.05) is 39.4 Å². The first kappa shape index (κ1) is 17.8. The van der Waals surface area contributed by atoms with E-state index in [2.05, 4.69) is 20.9 Å². The molecule has 0 fully saturated rings. The molecular weight excluding hydrogens is 284 g/mol. The maximum Gasteiger partial charge on any atom is 0.221 e. The Hall–Kier alpha value is -2.28. The molecule has 1 aromatic rings. The highest BCUT2D eigenvalue weighted by Gasteiger charge is 2.00. The number of rotatable bonds is 8. The van der Waals surface area contributed by atoms with Gasteiger partial charge in [-0.15, -0.1) is 0 Å². The molecule has 7 nitrogen and oxygen atoms in total. The van der Waals surface area contributed by atoms with Crippen molar-refractivity contribution in [1.82, 2.24) is 10.6 Å². The van der Waals surface area contributed by atoms with Crippen LogP contribution in [0.15, 0.2) is 29.3 Å². The average Bonchev–Trinajstić information content (AvgIpc) is 2.49. The zero-order valence-corrected chi connectivity index (χ0v) is 13.3. The molecule has 122 valence electrons. The Labute approximate surface area is 131 Å². The highest BCUT2D eigenvalue weighted by molar-refractivity contribution is 5.88. The molecule has 0 radical (unpaired) electrons. The number of carbonyl (C=O) groups excluding carboxylic acids is 1. The number of aliphatic imine (C=N–C) groups is 1. The summed E-state index contributed by atoms with van der Waals surface area (Å²) in [4.78, 5) is 15.1.